The Kier molecular flexibility index (Phi) is 5.14. The number of amides is 1. The maximum Gasteiger partial charge on any atom is 0.353 e. The molecular weight excluding hydrogens is 276 g/mol. The Bertz CT molecular complexity index is 529. The summed E-state index contributed by atoms with van der Waals surface area (Å²) in [5.74, 6) is -0.751. The van der Waals surface area contributed by atoms with Gasteiger partial charge >= 0.3 is 5.97 Å². The van der Waals surface area contributed by atoms with Gasteiger partial charge in [-0.1, -0.05) is 23.4 Å². The minimum atomic E-state index is -1.17. The smallest absolute Gasteiger partial charge is 0.353 e. The number of ether oxygens (including phenoxy) is 1. The number of nitrogens with one attached hydrogen (secondary N) is 1. The molecule has 0 aliphatic carbocycles. The molecule has 0 saturated heterocycles. The number of carbonyl (C=O) groups excluding carboxylic acids is 1. The van der Waals surface area contributed by atoms with Crippen molar-refractivity contribution in [1.82, 2.24) is 5.32 Å². The van der Waals surface area contributed by atoms with Crippen LogP contribution in [0.5, 0.6) is 5.75 Å². The zero-order chi connectivity index (χ0) is 15.1. The number of benzene rings is 1. The molecule has 7 heteroatoms. The SMILES string of the molecule is O=C(O)C1=NOC(C(=O)NCCCOc2ccccc2)C1. The van der Waals surface area contributed by atoms with Crippen LogP contribution in [0.1, 0.15) is 12.8 Å². The van der Waals surface area contributed by atoms with Crippen molar-refractivity contribution >= 4 is 17.6 Å². The van der Waals surface area contributed by atoms with E-state index in [0.717, 1.165) is 5.75 Å². The molecule has 1 aliphatic rings. The van der Waals surface area contributed by atoms with Gasteiger partial charge in [-0.05, 0) is 18.6 Å². The lowest BCUT2D eigenvalue weighted by atomic mass is 10.1. The number of hydrogen-bond acceptors (Lipinski definition) is 5. The lowest BCUT2D eigenvalue weighted by Crippen LogP contribution is -2.36. The van der Waals surface area contributed by atoms with E-state index in [4.69, 9.17) is 14.7 Å². The molecule has 0 fully saturated rings. The van der Waals surface area contributed by atoms with Gasteiger partial charge in [-0.15, -0.1) is 0 Å². The quantitative estimate of drug-likeness (QED) is 0.724. The monoisotopic (exact) mass is 292 g/mol. The van der Waals surface area contributed by atoms with Crippen LogP contribution in [0.3, 0.4) is 0 Å². The first kappa shape index (κ1) is 14.8. The van der Waals surface area contributed by atoms with Crippen LogP contribution < -0.4 is 10.1 Å². The van der Waals surface area contributed by atoms with E-state index in [-0.39, 0.29) is 18.0 Å². The van der Waals surface area contributed by atoms with Crippen LogP contribution in [0.15, 0.2) is 35.5 Å². The van der Waals surface area contributed by atoms with Crippen LogP contribution in [0.2, 0.25) is 0 Å². The predicted molar refractivity (Wildman–Crippen MR) is 74.1 cm³/mol. The second-order valence-electron chi connectivity index (χ2n) is 4.45. The fourth-order valence-corrected chi connectivity index (χ4v) is 1.75. The van der Waals surface area contributed by atoms with Gasteiger partial charge in [-0.25, -0.2) is 4.79 Å². The minimum Gasteiger partial charge on any atom is -0.494 e. The first-order valence-electron chi connectivity index (χ1n) is 6.58. The van der Waals surface area contributed by atoms with E-state index < -0.39 is 12.1 Å². The number of carbonyl (C=O) groups is 2. The summed E-state index contributed by atoms with van der Waals surface area (Å²) < 4.78 is 5.48. The van der Waals surface area contributed by atoms with Crippen LogP contribution in [0.4, 0.5) is 0 Å². The number of carboxylic acid groups (broad SMARTS) is 1. The highest BCUT2D eigenvalue weighted by molar-refractivity contribution is 6.36. The van der Waals surface area contributed by atoms with Crippen molar-refractivity contribution in [1.29, 1.82) is 0 Å². The number of aliphatic carboxylic acids is 1. The van der Waals surface area contributed by atoms with E-state index >= 15 is 0 Å². The molecule has 1 aliphatic heterocycles. The fraction of sp³-hybridized carbons (Fsp3) is 0.357. The first-order chi connectivity index (χ1) is 10.2. The largest absolute Gasteiger partial charge is 0.494 e. The summed E-state index contributed by atoms with van der Waals surface area (Å²) in [6.45, 7) is 0.903. The highest BCUT2D eigenvalue weighted by Gasteiger charge is 2.31. The molecule has 1 amide bonds. The van der Waals surface area contributed by atoms with Crippen molar-refractivity contribution in [3.63, 3.8) is 0 Å². The molecule has 7 nitrogen and oxygen atoms in total. The Hall–Kier alpha value is -2.57. The Balaban J connectivity index is 1.59. The number of nitrogens with zero attached hydrogens (tertiary/aromatic N) is 1. The predicted octanol–water partition coefficient (Wildman–Crippen LogP) is 0.801. The van der Waals surface area contributed by atoms with Crippen LogP contribution >= 0.6 is 0 Å². The molecule has 1 atom stereocenters. The Morgan fingerprint density at radius 3 is 2.81 bits per heavy atom. The summed E-state index contributed by atoms with van der Waals surface area (Å²) in [7, 11) is 0. The molecule has 21 heavy (non-hydrogen) atoms. The molecule has 1 heterocycles. The lowest BCUT2D eigenvalue weighted by Gasteiger charge is -2.10. The standard InChI is InChI=1S/C14H16N2O5/c17-13(12-9-11(14(18)19)16-21-12)15-7-4-8-20-10-5-2-1-3-6-10/h1-3,5-6,12H,4,7-9H2,(H,15,17)(H,18,19). The molecule has 0 saturated carbocycles. The summed E-state index contributed by atoms with van der Waals surface area (Å²) in [6.07, 6.45) is -0.229. The molecule has 0 radical (unpaired) electrons. The van der Waals surface area contributed by atoms with Crippen molar-refractivity contribution in [2.24, 2.45) is 5.16 Å². The van der Waals surface area contributed by atoms with Crippen molar-refractivity contribution in [2.75, 3.05) is 13.2 Å². The summed E-state index contributed by atoms with van der Waals surface area (Å²) in [5, 5.41) is 14.7. The molecular formula is C14H16N2O5. The zero-order valence-electron chi connectivity index (χ0n) is 11.3. The Labute approximate surface area is 121 Å². The average Bonchev–Trinajstić information content (AvgIpc) is 2.98. The normalized spacial score (nSPS) is 16.8. The third kappa shape index (κ3) is 4.48. The molecule has 1 aromatic carbocycles. The van der Waals surface area contributed by atoms with Crippen molar-refractivity contribution in [2.45, 2.75) is 18.9 Å². The van der Waals surface area contributed by atoms with Crippen LogP contribution in [-0.2, 0) is 14.4 Å². The minimum absolute atomic E-state index is 0.0122. The van der Waals surface area contributed by atoms with E-state index in [1.54, 1.807) is 0 Å². The van der Waals surface area contributed by atoms with Gasteiger partial charge in [0.2, 0.25) is 6.10 Å². The number of rotatable bonds is 7. The van der Waals surface area contributed by atoms with E-state index in [2.05, 4.69) is 10.5 Å². The van der Waals surface area contributed by atoms with Gasteiger partial charge in [0, 0.05) is 13.0 Å². The van der Waals surface area contributed by atoms with Crippen molar-refractivity contribution in [3.05, 3.63) is 30.3 Å². The molecule has 1 aromatic rings. The van der Waals surface area contributed by atoms with Crippen LogP contribution in [0.25, 0.3) is 0 Å². The number of para-hydroxylation sites is 1. The first-order valence-corrected chi connectivity index (χ1v) is 6.58. The summed E-state index contributed by atoms with van der Waals surface area (Å²) in [6, 6.07) is 9.39. The topological polar surface area (TPSA) is 97.2 Å². The molecule has 0 bridgehead atoms. The van der Waals surface area contributed by atoms with Crippen LogP contribution in [0, 0.1) is 0 Å². The van der Waals surface area contributed by atoms with Gasteiger partial charge in [0.05, 0.1) is 6.61 Å². The van der Waals surface area contributed by atoms with E-state index in [0.29, 0.717) is 19.6 Å². The summed E-state index contributed by atoms with van der Waals surface area (Å²) >= 11 is 0. The van der Waals surface area contributed by atoms with Gasteiger partial charge < -0.3 is 20.0 Å². The summed E-state index contributed by atoms with van der Waals surface area (Å²) in [4.78, 5) is 27.1. The maximum atomic E-state index is 11.7. The number of carboxylic acids is 1. The Morgan fingerprint density at radius 2 is 2.14 bits per heavy atom. The highest BCUT2D eigenvalue weighted by Crippen LogP contribution is 2.11. The van der Waals surface area contributed by atoms with Crippen LogP contribution in [-0.4, -0.2) is 42.0 Å². The molecule has 2 rings (SSSR count). The number of oxime groups is 1. The van der Waals surface area contributed by atoms with E-state index in [9.17, 15) is 9.59 Å². The molecule has 2 N–H and O–H groups in total. The molecule has 1 unspecified atom stereocenters. The molecule has 0 aromatic heterocycles. The summed E-state index contributed by atoms with van der Waals surface area (Å²) in [5.41, 5.74) is -0.137. The third-order valence-electron chi connectivity index (χ3n) is 2.84. The Morgan fingerprint density at radius 1 is 1.38 bits per heavy atom. The molecule has 0 spiro atoms. The van der Waals surface area contributed by atoms with Crippen molar-refractivity contribution in [3.8, 4) is 5.75 Å². The maximum absolute atomic E-state index is 11.7. The lowest BCUT2D eigenvalue weighted by molar-refractivity contribution is -0.131. The molecule has 112 valence electrons. The fourth-order valence-electron chi connectivity index (χ4n) is 1.75. The second kappa shape index (κ2) is 7.28. The van der Waals surface area contributed by atoms with Gasteiger partial charge in [0.15, 0.2) is 5.71 Å². The zero-order valence-corrected chi connectivity index (χ0v) is 11.3. The van der Waals surface area contributed by atoms with Gasteiger partial charge in [-0.2, -0.15) is 0 Å². The number of hydrogen-bond donors (Lipinski definition) is 2. The third-order valence-corrected chi connectivity index (χ3v) is 2.84. The van der Waals surface area contributed by atoms with E-state index in [1.807, 2.05) is 30.3 Å². The second-order valence-corrected chi connectivity index (χ2v) is 4.45. The van der Waals surface area contributed by atoms with Gasteiger partial charge in [-0.3, -0.25) is 4.79 Å². The van der Waals surface area contributed by atoms with Gasteiger partial charge in [0.25, 0.3) is 5.91 Å². The van der Waals surface area contributed by atoms with Crippen molar-refractivity contribution < 1.29 is 24.3 Å². The van der Waals surface area contributed by atoms with E-state index in [1.165, 1.54) is 0 Å². The average molecular weight is 292 g/mol. The van der Waals surface area contributed by atoms with Gasteiger partial charge in [0.1, 0.15) is 5.75 Å². The highest BCUT2D eigenvalue weighted by atomic mass is 16.6.